The molecule has 21 heteroatoms. The van der Waals surface area contributed by atoms with Crippen molar-refractivity contribution in [2.45, 2.75) is 73.5 Å². The van der Waals surface area contributed by atoms with E-state index in [9.17, 15) is 0 Å². The summed E-state index contributed by atoms with van der Waals surface area (Å²) in [6, 6.07) is 39.5. The molecule has 10 aromatic carbocycles. The van der Waals surface area contributed by atoms with Crippen LogP contribution in [0.2, 0.25) is 0 Å². The molecule has 114 heavy (non-hydrogen) atoms. The maximum absolute atomic E-state index is 2.58. The smallest absolute Gasteiger partial charge is 0.0518 e. The van der Waals surface area contributed by atoms with Gasteiger partial charge in [-0.1, -0.05) is 69.3 Å². The molecule has 10 rings (SSSR count). The van der Waals surface area contributed by atoms with Crippen LogP contribution < -0.4 is 0 Å². The summed E-state index contributed by atoms with van der Waals surface area (Å²) in [7, 11) is 54.5. The first-order valence-electron chi connectivity index (χ1n) is 41.6. The minimum atomic E-state index is 0.864. The molecule has 0 atom stereocenters. The van der Waals surface area contributed by atoms with Gasteiger partial charge in [0.2, 0.25) is 0 Å². The average Bonchev–Trinajstić information content (AvgIpc) is 0.714. The molecule has 0 aliphatic carbocycles. The van der Waals surface area contributed by atoms with E-state index in [-0.39, 0.29) is 0 Å². The van der Waals surface area contributed by atoms with Gasteiger partial charge in [0, 0.05) is 45.8 Å². The minimum absolute atomic E-state index is 0.864. The molecule has 628 valence electrons. The Morgan fingerprint density at radius 2 is 0.360 bits per heavy atom. The van der Waals surface area contributed by atoms with E-state index in [1.54, 1.807) is 0 Å². The summed E-state index contributed by atoms with van der Waals surface area (Å²) < 4.78 is 0. The summed E-state index contributed by atoms with van der Waals surface area (Å²) in [5, 5.41) is 22.0. The lowest BCUT2D eigenvalue weighted by atomic mass is 9.85. The standard InChI is InChI=1S/C50H84N12.C43H67N9/c1-17-57(15)37-61(35-55(11)12)29-41-19-21-43-44-22-20-42(30-62(36-56(13)14)38-58(16)18-2)46-24-40(28-60(33-53(7)8)34-54(9)10)26-48(50(44)46)47-25-39(23-45(41)49(43)47)27-59(31-51(3)4)32-52(5)6;1-14-49(13)31-52(30-48(11)12)25-35-16-18-37-36-17-15-32(2)38-19-33(23-50(26-44(3)4)27-45(5)6)21-40(42(36)38)41-22-34(20-39(35)43(37)41)24-51(28-46(7)8)29-47(9)10/h19-26H,17-18,27-38H2,1-16H3;15-22H,14,23-31H2,1-13H3. The summed E-state index contributed by atoms with van der Waals surface area (Å²) in [5.41, 5.74) is 11.0. The Bertz CT molecular complexity index is 4450. The van der Waals surface area contributed by atoms with Crippen LogP contribution in [0, 0.1) is 6.92 Å². The van der Waals surface area contributed by atoms with Crippen molar-refractivity contribution >= 4 is 86.2 Å². The molecule has 0 saturated carbocycles. The van der Waals surface area contributed by atoms with Gasteiger partial charge in [0.15, 0.2) is 0 Å². The maximum atomic E-state index is 2.58. The molecule has 0 heterocycles. The molecule has 0 aliphatic rings. The lowest BCUT2D eigenvalue weighted by Crippen LogP contribution is -2.40. The fraction of sp³-hybridized carbons (Fsp3) is 0.570. The van der Waals surface area contributed by atoms with Crippen LogP contribution in [0.3, 0.4) is 0 Å². The zero-order valence-electron chi connectivity index (χ0n) is 76.6. The van der Waals surface area contributed by atoms with Crippen molar-refractivity contribution in [3.8, 4) is 0 Å². The Morgan fingerprint density at radius 3 is 0.561 bits per heavy atom. The van der Waals surface area contributed by atoms with E-state index in [1.807, 2.05) is 0 Å². The highest BCUT2D eigenvalue weighted by atomic mass is 15.4. The largest absolute Gasteiger partial charge is 0.297 e. The third kappa shape index (κ3) is 25.0. The molecule has 21 nitrogen and oxygen atoms in total. The molecular weight excluding hydrogens is 1410 g/mol. The van der Waals surface area contributed by atoms with E-state index in [0.29, 0.717) is 0 Å². The van der Waals surface area contributed by atoms with Gasteiger partial charge in [-0.3, -0.25) is 103 Å². The number of rotatable bonds is 45. The predicted molar refractivity (Wildman–Crippen MR) is 492 cm³/mol. The molecule has 0 bridgehead atoms. The van der Waals surface area contributed by atoms with E-state index in [0.717, 1.165) is 159 Å². The first kappa shape index (κ1) is 91.9. The van der Waals surface area contributed by atoms with Gasteiger partial charge >= 0.3 is 0 Å². The van der Waals surface area contributed by atoms with Crippen molar-refractivity contribution in [1.82, 2.24) is 103 Å². The third-order valence-corrected chi connectivity index (χ3v) is 21.4. The van der Waals surface area contributed by atoms with Crippen LogP contribution in [-0.4, -0.2) is 392 Å². The first-order chi connectivity index (χ1) is 54.0. The molecule has 0 radical (unpaired) electrons. The van der Waals surface area contributed by atoms with Gasteiger partial charge in [0.1, 0.15) is 0 Å². The van der Waals surface area contributed by atoms with E-state index in [4.69, 9.17) is 0 Å². The van der Waals surface area contributed by atoms with Crippen LogP contribution in [0.5, 0.6) is 0 Å². The lowest BCUT2D eigenvalue weighted by molar-refractivity contribution is 0.101. The minimum Gasteiger partial charge on any atom is -0.297 e. The van der Waals surface area contributed by atoms with Crippen molar-refractivity contribution in [2.24, 2.45) is 0 Å². The second-order valence-electron chi connectivity index (χ2n) is 36.7. The van der Waals surface area contributed by atoms with Gasteiger partial charge in [-0.05, 0) is 382 Å². The summed E-state index contributed by atoms with van der Waals surface area (Å²) in [6.07, 6.45) is 0. The molecule has 0 spiro atoms. The van der Waals surface area contributed by atoms with Crippen molar-refractivity contribution < 1.29 is 0 Å². The van der Waals surface area contributed by atoms with Crippen molar-refractivity contribution in [2.75, 3.05) is 289 Å². The number of aryl methyl sites for hydroxylation is 1. The molecule has 0 N–H and O–H groups in total. The van der Waals surface area contributed by atoms with Crippen molar-refractivity contribution in [3.05, 3.63) is 142 Å². The Hall–Kier alpha value is -6.04. The second-order valence-corrected chi connectivity index (χ2v) is 36.7. The Morgan fingerprint density at radius 1 is 0.184 bits per heavy atom. The molecule has 0 fully saturated rings. The van der Waals surface area contributed by atoms with E-state index >= 15 is 0 Å². The van der Waals surface area contributed by atoms with Gasteiger partial charge in [0.05, 0.1) is 93.4 Å². The van der Waals surface area contributed by atoms with E-state index in [1.165, 1.54) is 131 Å². The predicted octanol–water partition coefficient (Wildman–Crippen LogP) is 11.8. The van der Waals surface area contributed by atoms with Crippen LogP contribution in [0.4, 0.5) is 0 Å². The molecule has 0 aliphatic heterocycles. The number of nitrogens with zero attached hydrogens (tertiary/aromatic N) is 21. The van der Waals surface area contributed by atoms with Gasteiger partial charge in [-0.15, -0.1) is 0 Å². The fourth-order valence-electron chi connectivity index (χ4n) is 17.5. The van der Waals surface area contributed by atoms with Gasteiger partial charge in [-0.2, -0.15) is 0 Å². The highest BCUT2D eigenvalue weighted by molar-refractivity contribution is 6.35. The molecule has 0 saturated heterocycles. The van der Waals surface area contributed by atoms with Crippen LogP contribution >= 0.6 is 0 Å². The van der Waals surface area contributed by atoms with E-state index < -0.39 is 0 Å². The number of hydrogen-bond acceptors (Lipinski definition) is 21. The summed E-state index contributed by atoms with van der Waals surface area (Å²) in [5.74, 6) is 0. The zero-order chi connectivity index (χ0) is 83.3. The number of fused-ring (bicyclic) bond motifs is 4. The number of benzene rings is 10. The molecular formula is C93H151N21. The Labute approximate surface area is 689 Å². The van der Waals surface area contributed by atoms with Crippen LogP contribution in [-0.2, 0) is 45.8 Å². The molecule has 0 aromatic heterocycles. The molecule has 0 unspecified atom stereocenters. The molecule has 0 amide bonds. The Balaban J connectivity index is 0.000000265. The van der Waals surface area contributed by atoms with Crippen molar-refractivity contribution in [1.29, 1.82) is 0 Å². The Kier molecular flexibility index (Phi) is 33.9. The lowest BCUT2D eigenvalue weighted by Gasteiger charge is -2.31. The average molecular weight is 1560 g/mol. The third-order valence-electron chi connectivity index (χ3n) is 21.4. The first-order valence-corrected chi connectivity index (χ1v) is 41.6. The van der Waals surface area contributed by atoms with Crippen LogP contribution in [0.15, 0.2) is 97.1 Å². The maximum Gasteiger partial charge on any atom is 0.0518 e. The SMILES string of the molecule is CCN(C)CN(Cc1ccc2c3ccc(C)c4cc(CN(CN(C)C)CN(C)C)cc(c5cc(CN(CN(C)C)CN(C)C)cc1c25)c43)CN(C)C.CCN(C)CN(Cc1ccc2c3ccc(CN(CN(C)C)CN(C)CC)c4cc(CN(CN(C)C)CN(C)C)cc(c5cc(CN(CN(C)C)CN(C)C)cc1c25)c43)CN(C)C. The van der Waals surface area contributed by atoms with Gasteiger partial charge < -0.3 is 0 Å². The van der Waals surface area contributed by atoms with Gasteiger partial charge in [-0.25, -0.2) is 0 Å². The highest BCUT2D eigenvalue weighted by Crippen LogP contribution is 2.46. The van der Waals surface area contributed by atoms with Crippen LogP contribution in [0.25, 0.3) is 86.2 Å². The summed E-state index contributed by atoms with van der Waals surface area (Å²) >= 11 is 0. The molecule has 10 aromatic rings. The monoisotopic (exact) mass is 1560 g/mol. The zero-order valence-corrected chi connectivity index (χ0v) is 76.6. The van der Waals surface area contributed by atoms with Crippen molar-refractivity contribution in [3.63, 3.8) is 0 Å². The second kappa shape index (κ2) is 42.1. The summed E-state index contributed by atoms with van der Waals surface area (Å²) in [6.45, 7) is 30.8. The number of hydrogen-bond donors (Lipinski definition) is 0. The summed E-state index contributed by atoms with van der Waals surface area (Å²) in [4.78, 5) is 50.3. The van der Waals surface area contributed by atoms with Gasteiger partial charge in [0.25, 0.3) is 0 Å². The normalized spacial score (nSPS) is 13.2. The van der Waals surface area contributed by atoms with Crippen LogP contribution in [0.1, 0.15) is 65.3 Å². The topological polar surface area (TPSA) is 68.0 Å². The highest BCUT2D eigenvalue weighted by Gasteiger charge is 2.26. The quantitative estimate of drug-likeness (QED) is 0.0206. The fourth-order valence-corrected chi connectivity index (χ4v) is 17.5. The van der Waals surface area contributed by atoms with E-state index in [2.05, 4.69) is 404 Å².